The molecule has 0 saturated heterocycles. The highest BCUT2D eigenvalue weighted by molar-refractivity contribution is 9.09. The first kappa shape index (κ1) is 12.7. The van der Waals surface area contributed by atoms with E-state index in [4.69, 9.17) is 16.3 Å². The van der Waals surface area contributed by atoms with Gasteiger partial charge in [0.1, 0.15) is 0 Å². The van der Waals surface area contributed by atoms with Crippen molar-refractivity contribution >= 4 is 27.5 Å². The summed E-state index contributed by atoms with van der Waals surface area (Å²) in [6, 6.07) is 0.366. The fraction of sp³-hybridized carbons (Fsp3) is 0.600. The van der Waals surface area contributed by atoms with Gasteiger partial charge in [0.25, 0.3) is 0 Å². The Bertz CT molecular complexity index is 322. The summed E-state index contributed by atoms with van der Waals surface area (Å²) in [5, 5.41) is 0.594. The molecule has 1 heterocycles. The fourth-order valence-corrected chi connectivity index (χ4v) is 2.18. The Hall–Kier alpha value is -0.350. The van der Waals surface area contributed by atoms with Crippen LogP contribution in [0.3, 0.4) is 0 Å². The molecule has 0 radical (unpaired) electrons. The second kappa shape index (κ2) is 6.28. The topological polar surface area (TPSA) is 35.0 Å². The maximum atomic E-state index is 6.00. The Kier molecular flexibility index (Phi) is 5.32. The highest BCUT2D eigenvalue weighted by Crippen LogP contribution is 2.21. The third-order valence-corrected chi connectivity index (χ3v) is 3.09. The van der Waals surface area contributed by atoms with Crippen LogP contribution in [-0.4, -0.2) is 21.9 Å². The summed E-state index contributed by atoms with van der Waals surface area (Å²) < 4.78 is 4.96. The minimum atomic E-state index is 0.366. The first-order chi connectivity index (χ1) is 7.17. The van der Waals surface area contributed by atoms with Crippen molar-refractivity contribution in [3.8, 4) is 6.01 Å². The lowest BCUT2D eigenvalue weighted by Gasteiger charge is -2.09. The van der Waals surface area contributed by atoms with Gasteiger partial charge in [-0.25, -0.2) is 4.98 Å². The molecule has 0 bridgehead atoms. The maximum Gasteiger partial charge on any atom is 0.316 e. The van der Waals surface area contributed by atoms with Crippen molar-refractivity contribution in [1.29, 1.82) is 0 Å². The lowest BCUT2D eigenvalue weighted by Crippen LogP contribution is -2.06. The zero-order chi connectivity index (χ0) is 11.3. The van der Waals surface area contributed by atoms with Crippen molar-refractivity contribution in [1.82, 2.24) is 9.97 Å². The summed E-state index contributed by atoms with van der Waals surface area (Å²) in [6.45, 7) is 2.15. The molecule has 1 atom stereocenters. The van der Waals surface area contributed by atoms with Gasteiger partial charge in [-0.05, 0) is 6.42 Å². The van der Waals surface area contributed by atoms with Crippen LogP contribution in [0.2, 0.25) is 5.02 Å². The average Bonchev–Trinajstić information content (AvgIpc) is 2.21. The monoisotopic (exact) mass is 292 g/mol. The number of hydrogen-bond donors (Lipinski definition) is 0. The predicted molar refractivity (Wildman–Crippen MR) is 64.9 cm³/mol. The highest BCUT2D eigenvalue weighted by atomic mass is 79.9. The van der Waals surface area contributed by atoms with Gasteiger partial charge in [0, 0.05) is 11.2 Å². The van der Waals surface area contributed by atoms with E-state index < -0.39 is 0 Å². The highest BCUT2D eigenvalue weighted by Gasteiger charge is 2.10. The Morgan fingerprint density at radius 1 is 1.60 bits per heavy atom. The van der Waals surface area contributed by atoms with E-state index in [2.05, 4.69) is 32.8 Å². The van der Waals surface area contributed by atoms with Crippen molar-refractivity contribution in [3.05, 3.63) is 16.9 Å². The second-order valence-corrected chi connectivity index (χ2v) is 4.94. The Morgan fingerprint density at radius 2 is 2.33 bits per heavy atom. The van der Waals surface area contributed by atoms with Gasteiger partial charge in [0.05, 0.1) is 24.0 Å². The molecule has 0 aromatic carbocycles. The van der Waals surface area contributed by atoms with E-state index in [1.165, 1.54) is 0 Å². The molecular weight excluding hydrogens is 279 g/mol. The molecule has 1 aromatic heterocycles. The SMILES string of the molecule is CCCC(Br)Cc1nc(OC)ncc1Cl. The van der Waals surface area contributed by atoms with E-state index in [1.54, 1.807) is 13.3 Å². The Morgan fingerprint density at radius 3 is 2.93 bits per heavy atom. The smallest absolute Gasteiger partial charge is 0.316 e. The summed E-state index contributed by atoms with van der Waals surface area (Å²) in [5.74, 6) is 0. The summed E-state index contributed by atoms with van der Waals surface area (Å²) in [5.41, 5.74) is 0.832. The van der Waals surface area contributed by atoms with Crippen molar-refractivity contribution in [3.63, 3.8) is 0 Å². The first-order valence-electron chi connectivity index (χ1n) is 4.86. The third kappa shape index (κ3) is 3.95. The molecule has 0 aliphatic heterocycles. The van der Waals surface area contributed by atoms with Crippen molar-refractivity contribution < 1.29 is 4.74 Å². The molecule has 3 nitrogen and oxygen atoms in total. The molecule has 1 rings (SSSR count). The molecule has 0 aliphatic rings. The summed E-state index contributed by atoms with van der Waals surface area (Å²) >= 11 is 9.59. The molecule has 0 amide bonds. The van der Waals surface area contributed by atoms with Crippen LogP contribution in [0.1, 0.15) is 25.5 Å². The van der Waals surface area contributed by atoms with Crippen molar-refractivity contribution in [2.24, 2.45) is 0 Å². The predicted octanol–water partition coefficient (Wildman–Crippen LogP) is 3.24. The normalized spacial score (nSPS) is 12.5. The zero-order valence-corrected chi connectivity index (χ0v) is 11.2. The molecular formula is C10H14BrClN2O. The third-order valence-electron chi connectivity index (χ3n) is 1.99. The van der Waals surface area contributed by atoms with Gasteiger partial charge in [0.15, 0.2) is 0 Å². The lowest BCUT2D eigenvalue weighted by molar-refractivity contribution is 0.378. The number of aromatic nitrogens is 2. The summed E-state index contributed by atoms with van der Waals surface area (Å²) in [4.78, 5) is 8.55. The summed E-state index contributed by atoms with van der Waals surface area (Å²) in [7, 11) is 1.55. The van der Waals surface area contributed by atoms with Crippen LogP contribution < -0.4 is 4.74 Å². The molecule has 0 aliphatic carbocycles. The van der Waals surface area contributed by atoms with Crippen LogP contribution >= 0.6 is 27.5 Å². The molecule has 84 valence electrons. The minimum absolute atomic E-state index is 0.366. The van der Waals surface area contributed by atoms with Crippen LogP contribution in [-0.2, 0) is 6.42 Å². The largest absolute Gasteiger partial charge is 0.467 e. The molecule has 15 heavy (non-hydrogen) atoms. The second-order valence-electron chi connectivity index (χ2n) is 3.24. The van der Waals surface area contributed by atoms with Gasteiger partial charge in [-0.1, -0.05) is 40.9 Å². The zero-order valence-electron chi connectivity index (χ0n) is 8.83. The van der Waals surface area contributed by atoms with Gasteiger partial charge in [-0.2, -0.15) is 4.98 Å². The molecule has 5 heteroatoms. The average molecular weight is 294 g/mol. The van der Waals surface area contributed by atoms with E-state index in [0.717, 1.165) is 25.0 Å². The van der Waals surface area contributed by atoms with Crippen LogP contribution in [0.15, 0.2) is 6.20 Å². The van der Waals surface area contributed by atoms with Crippen LogP contribution in [0.4, 0.5) is 0 Å². The molecule has 0 fully saturated rings. The number of nitrogens with zero attached hydrogens (tertiary/aromatic N) is 2. The van der Waals surface area contributed by atoms with Crippen LogP contribution in [0, 0.1) is 0 Å². The fourth-order valence-electron chi connectivity index (χ4n) is 1.25. The quantitative estimate of drug-likeness (QED) is 0.782. The molecule has 1 unspecified atom stereocenters. The van der Waals surface area contributed by atoms with Crippen molar-refractivity contribution in [2.75, 3.05) is 7.11 Å². The molecule has 0 N–H and O–H groups in total. The van der Waals surface area contributed by atoms with Gasteiger partial charge in [-0.3, -0.25) is 0 Å². The number of methoxy groups -OCH3 is 1. The van der Waals surface area contributed by atoms with E-state index in [0.29, 0.717) is 15.9 Å². The standard InChI is InChI=1S/C10H14BrClN2O/c1-3-4-7(11)5-9-8(12)6-13-10(14-9)15-2/h6-7H,3-5H2,1-2H3. The van der Waals surface area contributed by atoms with E-state index in [-0.39, 0.29) is 0 Å². The first-order valence-corrected chi connectivity index (χ1v) is 6.16. The Labute approximate surface area is 103 Å². The molecule has 0 spiro atoms. The van der Waals surface area contributed by atoms with E-state index in [9.17, 15) is 0 Å². The van der Waals surface area contributed by atoms with Gasteiger partial charge >= 0.3 is 6.01 Å². The Balaban J connectivity index is 2.74. The molecule has 0 saturated carbocycles. The summed E-state index contributed by atoms with van der Waals surface area (Å²) in [6.07, 6.45) is 4.61. The number of ether oxygens (including phenoxy) is 1. The maximum absolute atomic E-state index is 6.00. The van der Waals surface area contributed by atoms with Crippen LogP contribution in [0.5, 0.6) is 6.01 Å². The molecule has 1 aromatic rings. The van der Waals surface area contributed by atoms with E-state index >= 15 is 0 Å². The number of alkyl halides is 1. The number of rotatable bonds is 5. The van der Waals surface area contributed by atoms with Crippen LogP contribution in [0.25, 0.3) is 0 Å². The lowest BCUT2D eigenvalue weighted by atomic mass is 10.1. The number of halogens is 2. The van der Waals surface area contributed by atoms with Gasteiger partial charge in [0.2, 0.25) is 0 Å². The van der Waals surface area contributed by atoms with Gasteiger partial charge < -0.3 is 4.74 Å². The number of hydrogen-bond acceptors (Lipinski definition) is 3. The van der Waals surface area contributed by atoms with E-state index in [1.807, 2.05) is 0 Å². The van der Waals surface area contributed by atoms with Gasteiger partial charge in [-0.15, -0.1) is 0 Å². The minimum Gasteiger partial charge on any atom is -0.467 e. The van der Waals surface area contributed by atoms with Crippen molar-refractivity contribution in [2.45, 2.75) is 31.0 Å².